The number of nitrogens with zero attached hydrogens (tertiary/aromatic N) is 1. The van der Waals surface area contributed by atoms with Crippen LogP contribution in [0.2, 0.25) is 0 Å². The van der Waals surface area contributed by atoms with Crippen molar-refractivity contribution in [1.29, 1.82) is 0 Å². The number of aliphatic hydroxyl groups excluding tert-OH is 1. The van der Waals surface area contributed by atoms with Gasteiger partial charge in [0.15, 0.2) is 12.1 Å². The minimum absolute atomic E-state index is 0.00705. The summed E-state index contributed by atoms with van der Waals surface area (Å²) in [5, 5.41) is 11.9. The van der Waals surface area contributed by atoms with Crippen LogP contribution in [0, 0.1) is 35.5 Å². The van der Waals surface area contributed by atoms with Gasteiger partial charge in [0.1, 0.15) is 11.2 Å². The van der Waals surface area contributed by atoms with Gasteiger partial charge in [-0.2, -0.15) is 0 Å². The van der Waals surface area contributed by atoms with E-state index < -0.39 is 47.4 Å². The summed E-state index contributed by atoms with van der Waals surface area (Å²) < 4.78 is 37.3. The van der Waals surface area contributed by atoms with Crippen LogP contribution in [0.5, 0.6) is 0 Å². The summed E-state index contributed by atoms with van der Waals surface area (Å²) in [7, 11) is 2.58. The first kappa shape index (κ1) is 59.4. The molecule has 0 aromatic rings. The maximum absolute atomic E-state index is 12.1. The summed E-state index contributed by atoms with van der Waals surface area (Å²) in [4.78, 5) is 47.8. The van der Waals surface area contributed by atoms with Gasteiger partial charge in [-0.3, -0.25) is 4.90 Å². The van der Waals surface area contributed by atoms with Crippen LogP contribution in [0.4, 0.5) is 9.59 Å². The fourth-order valence-electron chi connectivity index (χ4n) is 6.16. The van der Waals surface area contributed by atoms with Gasteiger partial charge in [-0.15, -0.1) is 0 Å². The van der Waals surface area contributed by atoms with E-state index in [0.717, 1.165) is 44.6 Å². The van der Waals surface area contributed by atoms with Crippen LogP contribution < -0.4 is 5.32 Å². The molecule has 1 heterocycles. The summed E-state index contributed by atoms with van der Waals surface area (Å²) >= 11 is 0. The molecule has 0 aromatic heterocycles. The highest BCUT2D eigenvalue weighted by molar-refractivity contribution is 5.86. The van der Waals surface area contributed by atoms with Crippen LogP contribution in [0.1, 0.15) is 149 Å². The minimum Gasteiger partial charge on any atom is -0.467 e. The molecule has 0 aliphatic carbocycles. The molecule has 2 N–H and O–H groups in total. The van der Waals surface area contributed by atoms with E-state index in [1.54, 1.807) is 41.5 Å². The standard InChI is InChI=1S/C23H45NO6.C14H30O2.C9H15NO4/c1-10-13-29-20(18(17(4)5)12-11-16(2)3)15-28-14-19(21(25)27-9)24-22(26)30-23(6,7)8;1-6-9-16-14(10-15)13(12(4)5)8-7-11(2)3;1-9(2,3)14-8(12)10-5-6(10)7(11)13-4/h16-20H,10-15H2,1-9H3,(H,24,26);11-15H,6-10H2,1-5H3;6H,5H2,1-4H3/t18-,19-,20-;13-,14-;6-,10?/m000/s1. The minimum atomic E-state index is -0.940. The third-order valence-corrected chi connectivity index (χ3v) is 9.53. The molecule has 0 radical (unpaired) electrons. The van der Waals surface area contributed by atoms with Crippen molar-refractivity contribution >= 4 is 24.1 Å². The van der Waals surface area contributed by atoms with E-state index in [-0.39, 0.29) is 25.4 Å². The smallest absolute Gasteiger partial charge is 0.411 e. The number of aliphatic hydroxyl groups is 1. The van der Waals surface area contributed by atoms with Gasteiger partial charge < -0.3 is 43.6 Å². The van der Waals surface area contributed by atoms with Gasteiger partial charge in [0.05, 0.1) is 52.8 Å². The number of carbonyl (C=O) groups is 4. The van der Waals surface area contributed by atoms with Gasteiger partial charge in [-0.25, -0.2) is 19.2 Å². The third-order valence-electron chi connectivity index (χ3n) is 9.53. The number of amides is 2. The first-order valence-electron chi connectivity index (χ1n) is 22.3. The Labute approximate surface area is 365 Å². The van der Waals surface area contributed by atoms with E-state index >= 15 is 0 Å². The molecule has 14 heteroatoms. The van der Waals surface area contributed by atoms with Crippen molar-refractivity contribution in [2.24, 2.45) is 35.5 Å². The number of rotatable bonds is 24. The summed E-state index contributed by atoms with van der Waals surface area (Å²) in [5.74, 6) is 2.25. The van der Waals surface area contributed by atoms with Crippen molar-refractivity contribution in [2.75, 3.05) is 53.8 Å². The quantitative estimate of drug-likeness (QED) is 0.0538. The molecule has 0 unspecified atom stereocenters. The van der Waals surface area contributed by atoms with Gasteiger partial charge in [0, 0.05) is 13.2 Å². The van der Waals surface area contributed by atoms with Crippen LogP contribution in [0.15, 0.2) is 0 Å². The average Bonchev–Trinajstić information content (AvgIpc) is 3.94. The predicted octanol–water partition coefficient (Wildman–Crippen LogP) is 8.83. The highest BCUT2D eigenvalue weighted by Crippen LogP contribution is 2.27. The van der Waals surface area contributed by atoms with Crippen LogP contribution in [-0.4, -0.2) is 123 Å². The van der Waals surface area contributed by atoms with Crippen molar-refractivity contribution < 1.29 is 57.4 Å². The number of nitrogens with one attached hydrogen (secondary N) is 1. The molecule has 1 rings (SSSR count). The first-order chi connectivity index (χ1) is 27.8. The van der Waals surface area contributed by atoms with E-state index in [1.165, 1.54) is 25.5 Å². The molecule has 1 fully saturated rings. The lowest BCUT2D eigenvalue weighted by Crippen LogP contribution is -2.47. The Morgan fingerprint density at radius 3 is 1.53 bits per heavy atom. The third kappa shape index (κ3) is 28.8. The summed E-state index contributed by atoms with van der Waals surface area (Å²) in [6.07, 6.45) is 5.32. The van der Waals surface area contributed by atoms with E-state index in [4.69, 9.17) is 28.4 Å². The second-order valence-electron chi connectivity index (χ2n) is 19.2. The normalized spacial score (nSPS) is 16.4. The van der Waals surface area contributed by atoms with Crippen LogP contribution in [0.25, 0.3) is 0 Å². The number of esters is 2. The molecule has 1 aliphatic heterocycles. The zero-order valence-electron chi connectivity index (χ0n) is 41.1. The van der Waals surface area contributed by atoms with Crippen molar-refractivity contribution in [3.63, 3.8) is 0 Å². The van der Waals surface area contributed by atoms with Crippen LogP contribution in [0.3, 0.4) is 0 Å². The Kier molecular flexibility index (Phi) is 30.9. The first-order valence-corrected chi connectivity index (χ1v) is 22.3. The largest absolute Gasteiger partial charge is 0.467 e. The molecule has 0 spiro atoms. The summed E-state index contributed by atoms with van der Waals surface area (Å²) in [5.41, 5.74) is -1.19. The molecule has 1 aliphatic rings. The van der Waals surface area contributed by atoms with E-state index in [2.05, 4.69) is 79.3 Å². The SMILES string of the molecule is CCCO[C@@H](CO)[C@@H](CCC(C)C)C(C)C.CCCO[C@@H](COC[C@H](NC(=O)OC(C)(C)C)C(=O)OC)[C@@H](CCC(C)C)C(C)C.COC(=O)[C@@H]1CN1C(=O)OC(C)(C)C. The maximum atomic E-state index is 12.1. The lowest BCUT2D eigenvalue weighted by Gasteiger charge is -2.31. The fourth-order valence-corrected chi connectivity index (χ4v) is 6.16. The fraction of sp³-hybridized carbons (Fsp3) is 0.913. The number of hydrogen-bond acceptors (Lipinski definition) is 12. The topological polar surface area (TPSA) is 168 Å². The van der Waals surface area contributed by atoms with E-state index in [1.807, 2.05) is 0 Å². The number of ether oxygens (including phenoxy) is 7. The van der Waals surface area contributed by atoms with Gasteiger partial charge in [0.2, 0.25) is 0 Å². The number of hydrogen-bond donors (Lipinski definition) is 2. The van der Waals surface area contributed by atoms with Gasteiger partial charge in [0.25, 0.3) is 0 Å². The zero-order valence-corrected chi connectivity index (χ0v) is 41.1. The molecule has 6 atom stereocenters. The summed E-state index contributed by atoms with van der Waals surface area (Å²) in [6.45, 7) is 34.9. The molecule has 1 saturated heterocycles. The molecule has 0 bridgehead atoms. The number of alkyl carbamates (subject to hydrolysis) is 1. The van der Waals surface area contributed by atoms with Crippen molar-refractivity contribution in [3.8, 4) is 0 Å². The van der Waals surface area contributed by atoms with Crippen molar-refractivity contribution in [2.45, 2.75) is 185 Å². The molecular weight excluding hydrogens is 773 g/mol. The Bertz CT molecular complexity index is 1160. The van der Waals surface area contributed by atoms with Crippen LogP contribution in [-0.2, 0) is 42.7 Å². The molecule has 0 saturated carbocycles. The lowest BCUT2D eigenvalue weighted by molar-refractivity contribution is -0.145. The molecular formula is C46H90N2O12. The van der Waals surface area contributed by atoms with Gasteiger partial charge in [-0.05, 0) is 103 Å². The van der Waals surface area contributed by atoms with Crippen LogP contribution >= 0.6 is 0 Å². The zero-order chi connectivity index (χ0) is 46.8. The van der Waals surface area contributed by atoms with Gasteiger partial charge >= 0.3 is 24.1 Å². The second-order valence-corrected chi connectivity index (χ2v) is 19.2. The molecule has 60 heavy (non-hydrogen) atoms. The Morgan fingerprint density at radius 2 is 1.15 bits per heavy atom. The highest BCUT2D eigenvalue weighted by atomic mass is 16.6. The Morgan fingerprint density at radius 1 is 0.683 bits per heavy atom. The second kappa shape index (κ2) is 31.2. The Balaban J connectivity index is 0. The maximum Gasteiger partial charge on any atom is 0.411 e. The summed E-state index contributed by atoms with van der Waals surface area (Å²) in [6, 6.07) is -1.39. The number of methoxy groups -OCH3 is 2. The molecule has 356 valence electrons. The predicted molar refractivity (Wildman–Crippen MR) is 237 cm³/mol. The van der Waals surface area contributed by atoms with E-state index in [0.29, 0.717) is 49.3 Å². The van der Waals surface area contributed by atoms with Crippen molar-refractivity contribution in [3.05, 3.63) is 0 Å². The van der Waals surface area contributed by atoms with Crippen molar-refractivity contribution in [1.82, 2.24) is 10.2 Å². The lowest BCUT2D eigenvalue weighted by atomic mass is 9.84. The van der Waals surface area contributed by atoms with E-state index in [9.17, 15) is 24.3 Å². The highest BCUT2D eigenvalue weighted by Gasteiger charge is 2.47. The Hall–Kier alpha value is -2.68. The molecule has 0 aromatic carbocycles. The molecule has 14 nitrogen and oxygen atoms in total. The average molecular weight is 863 g/mol. The number of carbonyl (C=O) groups excluding carboxylic acids is 4. The monoisotopic (exact) mass is 863 g/mol. The van der Waals surface area contributed by atoms with Gasteiger partial charge in [-0.1, -0.05) is 82.1 Å². The molecule has 2 amide bonds.